The highest BCUT2D eigenvalue weighted by atomic mass is 32.2. The highest BCUT2D eigenvalue weighted by Crippen LogP contribution is 2.16. The van der Waals surface area contributed by atoms with Gasteiger partial charge in [-0.2, -0.15) is 0 Å². The Morgan fingerprint density at radius 2 is 1.85 bits per heavy atom. The summed E-state index contributed by atoms with van der Waals surface area (Å²) >= 11 is 0. The SMILES string of the molecule is Cc1ccc(CNC(C)c2ccc(S(N)(=O)=O)cc2)o1. The molecule has 2 rings (SSSR count). The molecule has 1 aromatic heterocycles. The summed E-state index contributed by atoms with van der Waals surface area (Å²) in [5.41, 5.74) is 0.987. The van der Waals surface area contributed by atoms with E-state index in [-0.39, 0.29) is 10.9 Å². The molecule has 1 heterocycles. The van der Waals surface area contributed by atoms with Crippen molar-refractivity contribution in [3.05, 3.63) is 53.5 Å². The van der Waals surface area contributed by atoms with Crippen LogP contribution >= 0.6 is 0 Å². The third-order valence-electron chi connectivity index (χ3n) is 3.09. The van der Waals surface area contributed by atoms with Crippen molar-refractivity contribution in [1.29, 1.82) is 0 Å². The zero-order valence-corrected chi connectivity index (χ0v) is 12.3. The monoisotopic (exact) mass is 294 g/mol. The van der Waals surface area contributed by atoms with Gasteiger partial charge in [-0.05, 0) is 43.7 Å². The minimum absolute atomic E-state index is 0.0786. The van der Waals surface area contributed by atoms with Crippen LogP contribution in [-0.4, -0.2) is 8.42 Å². The lowest BCUT2D eigenvalue weighted by atomic mass is 10.1. The Morgan fingerprint density at radius 3 is 2.35 bits per heavy atom. The summed E-state index contributed by atoms with van der Waals surface area (Å²) in [6, 6.07) is 10.5. The van der Waals surface area contributed by atoms with Crippen molar-refractivity contribution < 1.29 is 12.8 Å². The van der Waals surface area contributed by atoms with Crippen LogP contribution in [0.3, 0.4) is 0 Å². The van der Waals surface area contributed by atoms with Gasteiger partial charge >= 0.3 is 0 Å². The van der Waals surface area contributed by atoms with Crippen molar-refractivity contribution in [1.82, 2.24) is 5.32 Å². The fraction of sp³-hybridized carbons (Fsp3) is 0.286. The van der Waals surface area contributed by atoms with Gasteiger partial charge in [0.05, 0.1) is 11.4 Å². The zero-order chi connectivity index (χ0) is 14.8. The van der Waals surface area contributed by atoms with Gasteiger partial charge in [-0.25, -0.2) is 13.6 Å². The van der Waals surface area contributed by atoms with Crippen molar-refractivity contribution in [2.45, 2.75) is 31.3 Å². The van der Waals surface area contributed by atoms with Gasteiger partial charge < -0.3 is 9.73 Å². The van der Waals surface area contributed by atoms with Gasteiger partial charge in [-0.1, -0.05) is 12.1 Å². The van der Waals surface area contributed by atoms with E-state index < -0.39 is 10.0 Å². The summed E-state index contributed by atoms with van der Waals surface area (Å²) in [7, 11) is -3.63. The molecule has 0 aliphatic carbocycles. The molecule has 0 bridgehead atoms. The van der Waals surface area contributed by atoms with Gasteiger partial charge in [0, 0.05) is 6.04 Å². The first-order valence-electron chi connectivity index (χ1n) is 6.28. The van der Waals surface area contributed by atoms with E-state index in [9.17, 15) is 8.42 Å². The Balaban J connectivity index is 2.00. The second kappa shape index (κ2) is 5.78. The highest BCUT2D eigenvalue weighted by molar-refractivity contribution is 7.89. The third kappa shape index (κ3) is 3.69. The lowest BCUT2D eigenvalue weighted by molar-refractivity contribution is 0.444. The molecule has 3 N–H and O–H groups in total. The van der Waals surface area contributed by atoms with E-state index in [1.807, 2.05) is 26.0 Å². The molecule has 20 heavy (non-hydrogen) atoms. The summed E-state index contributed by atoms with van der Waals surface area (Å²) in [4.78, 5) is 0.120. The van der Waals surface area contributed by atoms with Gasteiger partial charge in [0.1, 0.15) is 11.5 Å². The molecule has 108 valence electrons. The maximum atomic E-state index is 11.2. The van der Waals surface area contributed by atoms with Crippen molar-refractivity contribution in [2.75, 3.05) is 0 Å². The topological polar surface area (TPSA) is 85.3 Å². The molecule has 5 nitrogen and oxygen atoms in total. The molecule has 1 aromatic carbocycles. The fourth-order valence-electron chi connectivity index (χ4n) is 1.90. The van der Waals surface area contributed by atoms with E-state index in [1.165, 1.54) is 12.1 Å². The fourth-order valence-corrected chi connectivity index (χ4v) is 2.41. The number of hydrogen-bond acceptors (Lipinski definition) is 4. The molecule has 6 heteroatoms. The molecule has 0 aliphatic rings. The normalized spacial score (nSPS) is 13.3. The molecule has 0 spiro atoms. The van der Waals surface area contributed by atoms with Gasteiger partial charge in [0.25, 0.3) is 0 Å². The van der Waals surface area contributed by atoms with E-state index in [0.29, 0.717) is 6.54 Å². The Morgan fingerprint density at radius 1 is 1.20 bits per heavy atom. The second-order valence-corrected chi connectivity index (χ2v) is 6.29. The number of aryl methyl sites for hydroxylation is 1. The van der Waals surface area contributed by atoms with Crippen molar-refractivity contribution in [2.24, 2.45) is 5.14 Å². The number of rotatable bonds is 5. The molecule has 2 aromatic rings. The van der Waals surface area contributed by atoms with Crippen LogP contribution in [0.5, 0.6) is 0 Å². The number of benzene rings is 1. The maximum absolute atomic E-state index is 11.2. The first-order valence-corrected chi connectivity index (χ1v) is 7.82. The van der Waals surface area contributed by atoms with Gasteiger partial charge in [-0.15, -0.1) is 0 Å². The van der Waals surface area contributed by atoms with E-state index in [1.54, 1.807) is 12.1 Å². The first kappa shape index (κ1) is 14.8. The van der Waals surface area contributed by atoms with Crippen LogP contribution in [0.25, 0.3) is 0 Å². The molecule has 1 atom stereocenters. The quantitative estimate of drug-likeness (QED) is 0.884. The Labute approximate surface area is 118 Å². The maximum Gasteiger partial charge on any atom is 0.238 e. The largest absolute Gasteiger partial charge is 0.465 e. The van der Waals surface area contributed by atoms with E-state index in [4.69, 9.17) is 9.56 Å². The Kier molecular flexibility index (Phi) is 4.27. The summed E-state index contributed by atoms with van der Waals surface area (Å²) in [5.74, 6) is 1.75. The summed E-state index contributed by atoms with van der Waals surface area (Å²) in [5, 5.41) is 8.38. The molecule has 0 saturated carbocycles. The summed E-state index contributed by atoms with van der Waals surface area (Å²) < 4.78 is 27.8. The first-order chi connectivity index (χ1) is 9.36. The average molecular weight is 294 g/mol. The van der Waals surface area contributed by atoms with Gasteiger partial charge in [0.15, 0.2) is 0 Å². The van der Waals surface area contributed by atoms with Crippen LogP contribution in [0.1, 0.15) is 30.0 Å². The standard InChI is InChI=1S/C14H18N2O3S/c1-10-3-6-13(19-10)9-16-11(2)12-4-7-14(8-5-12)20(15,17)18/h3-8,11,16H,9H2,1-2H3,(H2,15,17,18). The van der Waals surface area contributed by atoms with Crippen LogP contribution < -0.4 is 10.5 Å². The van der Waals surface area contributed by atoms with Crippen LogP contribution in [-0.2, 0) is 16.6 Å². The average Bonchev–Trinajstić information content (AvgIpc) is 2.81. The minimum atomic E-state index is -3.63. The van der Waals surface area contributed by atoms with E-state index in [0.717, 1.165) is 17.1 Å². The van der Waals surface area contributed by atoms with Crippen LogP contribution in [0.2, 0.25) is 0 Å². The molecule has 0 saturated heterocycles. The molecular formula is C14H18N2O3S. The minimum Gasteiger partial charge on any atom is -0.465 e. The van der Waals surface area contributed by atoms with Crippen LogP contribution in [0.15, 0.2) is 45.7 Å². The number of hydrogen-bond donors (Lipinski definition) is 2. The van der Waals surface area contributed by atoms with E-state index in [2.05, 4.69) is 5.32 Å². The van der Waals surface area contributed by atoms with E-state index >= 15 is 0 Å². The number of furan rings is 1. The van der Waals surface area contributed by atoms with Crippen LogP contribution in [0, 0.1) is 6.92 Å². The molecule has 0 amide bonds. The number of nitrogens with one attached hydrogen (secondary N) is 1. The molecular weight excluding hydrogens is 276 g/mol. The van der Waals surface area contributed by atoms with Crippen LogP contribution in [0.4, 0.5) is 0 Å². The highest BCUT2D eigenvalue weighted by Gasteiger charge is 2.10. The third-order valence-corrected chi connectivity index (χ3v) is 4.02. The zero-order valence-electron chi connectivity index (χ0n) is 11.5. The predicted octanol–water partition coefficient (Wildman–Crippen LogP) is 2.09. The number of primary sulfonamides is 1. The summed E-state index contributed by atoms with van der Waals surface area (Å²) in [6.45, 7) is 4.52. The van der Waals surface area contributed by atoms with Gasteiger partial charge in [0.2, 0.25) is 10.0 Å². The molecule has 0 fully saturated rings. The lowest BCUT2D eigenvalue weighted by Gasteiger charge is -2.13. The summed E-state index contributed by atoms with van der Waals surface area (Å²) in [6.07, 6.45) is 0. The smallest absolute Gasteiger partial charge is 0.238 e. The Hall–Kier alpha value is -1.63. The Bertz CT molecular complexity index is 675. The van der Waals surface area contributed by atoms with Crippen molar-refractivity contribution in [3.63, 3.8) is 0 Å². The predicted molar refractivity (Wildman–Crippen MR) is 76.5 cm³/mol. The lowest BCUT2D eigenvalue weighted by Crippen LogP contribution is -2.18. The second-order valence-electron chi connectivity index (χ2n) is 4.73. The number of sulfonamides is 1. The molecule has 0 aliphatic heterocycles. The van der Waals surface area contributed by atoms with Gasteiger partial charge in [-0.3, -0.25) is 0 Å². The number of nitrogens with two attached hydrogens (primary N) is 1. The molecule has 0 radical (unpaired) electrons. The van der Waals surface area contributed by atoms with Crippen molar-refractivity contribution in [3.8, 4) is 0 Å². The molecule has 1 unspecified atom stereocenters. The van der Waals surface area contributed by atoms with Crippen molar-refractivity contribution >= 4 is 10.0 Å².